The molecule has 1 aliphatic carbocycles. The molecule has 0 aliphatic heterocycles. The Bertz CT molecular complexity index is 579. The summed E-state index contributed by atoms with van der Waals surface area (Å²) in [6.45, 7) is 1.21. The number of nitrogens with one attached hydrogen (secondary N) is 1. The summed E-state index contributed by atoms with van der Waals surface area (Å²) in [6, 6.07) is 5.84. The summed E-state index contributed by atoms with van der Waals surface area (Å²) in [6.07, 6.45) is 6.75. The fourth-order valence-electron chi connectivity index (χ4n) is 2.44. The van der Waals surface area contributed by atoms with E-state index in [4.69, 9.17) is 9.47 Å². The van der Waals surface area contributed by atoms with Crippen LogP contribution in [0.1, 0.15) is 5.56 Å². The molecule has 0 amide bonds. The Labute approximate surface area is 136 Å². The molecule has 0 heterocycles. The quantitative estimate of drug-likeness (QED) is 0.711. The number of benzene rings is 1. The Morgan fingerprint density at radius 1 is 1.17 bits per heavy atom. The summed E-state index contributed by atoms with van der Waals surface area (Å²) in [7, 11) is 3.23. The smallest absolute Gasteiger partial charge is 0.178 e. The maximum Gasteiger partial charge on any atom is 0.178 e. The summed E-state index contributed by atoms with van der Waals surface area (Å²) in [4.78, 5) is 11.1. The first-order valence-corrected chi connectivity index (χ1v) is 7.64. The number of hydrogen-bond donors (Lipinski definition) is 2. The molecule has 0 radical (unpaired) electrons. The second-order valence-electron chi connectivity index (χ2n) is 5.41. The van der Waals surface area contributed by atoms with E-state index in [0.717, 1.165) is 18.5 Å². The van der Waals surface area contributed by atoms with Gasteiger partial charge in [0.15, 0.2) is 17.3 Å². The number of rotatable bonds is 8. The minimum absolute atomic E-state index is 0.0325. The van der Waals surface area contributed by atoms with E-state index in [-0.39, 0.29) is 11.7 Å². The molecule has 2 rings (SSSR count). The molecule has 23 heavy (non-hydrogen) atoms. The van der Waals surface area contributed by atoms with Gasteiger partial charge in [-0.05, 0) is 42.8 Å². The second-order valence-corrected chi connectivity index (χ2v) is 5.41. The Morgan fingerprint density at radius 2 is 1.87 bits per heavy atom. The second kappa shape index (κ2) is 8.50. The zero-order chi connectivity index (χ0) is 16.7. The first-order valence-electron chi connectivity index (χ1n) is 7.64. The molecule has 0 saturated heterocycles. The third-order valence-electron chi connectivity index (χ3n) is 3.80. The molecule has 0 aromatic heterocycles. The van der Waals surface area contributed by atoms with E-state index in [1.807, 2.05) is 18.2 Å². The average molecular weight is 317 g/mol. The molecule has 1 atom stereocenters. The minimum atomic E-state index is -0.541. The van der Waals surface area contributed by atoms with E-state index in [0.29, 0.717) is 18.0 Å². The van der Waals surface area contributed by atoms with Crippen LogP contribution in [0.3, 0.4) is 0 Å². The number of aliphatic hydroxyl groups excluding tert-OH is 1. The van der Waals surface area contributed by atoms with E-state index in [1.54, 1.807) is 26.4 Å². The molecule has 1 unspecified atom stereocenters. The van der Waals surface area contributed by atoms with Crippen molar-refractivity contribution in [2.24, 2.45) is 5.92 Å². The van der Waals surface area contributed by atoms with E-state index in [2.05, 4.69) is 5.32 Å². The molecule has 1 aromatic carbocycles. The van der Waals surface area contributed by atoms with Crippen molar-refractivity contribution in [3.8, 4) is 11.5 Å². The lowest BCUT2D eigenvalue weighted by atomic mass is 9.97. The number of ether oxygens (including phenoxy) is 2. The Kier molecular flexibility index (Phi) is 6.38. The average Bonchev–Trinajstić information content (AvgIpc) is 2.58. The molecule has 5 nitrogen and oxygen atoms in total. The van der Waals surface area contributed by atoms with E-state index >= 15 is 0 Å². The van der Waals surface area contributed by atoms with Crippen molar-refractivity contribution < 1.29 is 19.4 Å². The molecule has 5 heteroatoms. The lowest BCUT2D eigenvalue weighted by Gasteiger charge is -2.18. The fourth-order valence-corrected chi connectivity index (χ4v) is 2.44. The maximum absolute atomic E-state index is 11.1. The van der Waals surface area contributed by atoms with Crippen molar-refractivity contribution in [3.63, 3.8) is 0 Å². The number of hydrogen-bond acceptors (Lipinski definition) is 5. The number of aliphatic hydroxyl groups is 1. The van der Waals surface area contributed by atoms with Gasteiger partial charge in [-0.2, -0.15) is 0 Å². The van der Waals surface area contributed by atoms with Crippen molar-refractivity contribution >= 4 is 5.78 Å². The van der Waals surface area contributed by atoms with Crippen LogP contribution < -0.4 is 14.8 Å². The van der Waals surface area contributed by atoms with Gasteiger partial charge in [-0.25, -0.2) is 0 Å². The van der Waals surface area contributed by atoms with Gasteiger partial charge in [-0.15, -0.1) is 0 Å². The highest BCUT2D eigenvalue weighted by atomic mass is 16.5. The summed E-state index contributed by atoms with van der Waals surface area (Å²) < 4.78 is 10.5. The highest BCUT2D eigenvalue weighted by Gasteiger charge is 2.16. The van der Waals surface area contributed by atoms with E-state index in [9.17, 15) is 9.90 Å². The summed E-state index contributed by atoms with van der Waals surface area (Å²) >= 11 is 0. The lowest BCUT2D eigenvalue weighted by molar-refractivity contribution is -0.110. The van der Waals surface area contributed by atoms with Gasteiger partial charge in [0.2, 0.25) is 0 Å². The van der Waals surface area contributed by atoms with Crippen molar-refractivity contribution in [2.75, 3.05) is 27.3 Å². The normalized spacial score (nSPS) is 15.7. The van der Waals surface area contributed by atoms with Crippen LogP contribution in [0.15, 0.2) is 42.5 Å². The standard InChI is InChI=1S/C18H23NO4/c1-22-17-8-3-13(11-18(17)23-2)9-10-19-12-16(21)14-4-6-15(20)7-5-14/h3-8,11,14,16,19,21H,9-10,12H2,1-2H3. The number of methoxy groups -OCH3 is 2. The van der Waals surface area contributed by atoms with Crippen LogP contribution in [-0.2, 0) is 11.2 Å². The van der Waals surface area contributed by atoms with Gasteiger partial charge in [0, 0.05) is 12.5 Å². The number of allylic oxidation sites excluding steroid dienone is 2. The first-order chi connectivity index (χ1) is 11.1. The number of carbonyl (C=O) groups is 1. The molecule has 0 fully saturated rings. The third kappa shape index (κ3) is 4.94. The van der Waals surface area contributed by atoms with E-state index < -0.39 is 6.10 Å². The van der Waals surface area contributed by atoms with Gasteiger partial charge < -0.3 is 19.9 Å². The number of carbonyl (C=O) groups excluding carboxylic acids is 1. The lowest BCUT2D eigenvalue weighted by Crippen LogP contribution is -2.33. The molecule has 0 saturated carbocycles. The van der Waals surface area contributed by atoms with E-state index in [1.165, 1.54) is 12.2 Å². The largest absolute Gasteiger partial charge is 0.493 e. The van der Waals surface area contributed by atoms with Crippen LogP contribution in [0.5, 0.6) is 11.5 Å². The van der Waals surface area contributed by atoms with Crippen LogP contribution in [0.2, 0.25) is 0 Å². The summed E-state index contributed by atoms with van der Waals surface area (Å²) in [5, 5.41) is 13.3. The molecule has 1 aromatic rings. The molecule has 0 spiro atoms. The third-order valence-corrected chi connectivity index (χ3v) is 3.80. The molecule has 124 valence electrons. The van der Waals surface area contributed by atoms with Gasteiger partial charge in [-0.1, -0.05) is 18.2 Å². The Hall–Kier alpha value is -2.11. The predicted octanol–water partition coefficient (Wildman–Crippen LogP) is 1.51. The van der Waals surface area contributed by atoms with Crippen molar-refractivity contribution in [1.29, 1.82) is 0 Å². The zero-order valence-corrected chi connectivity index (χ0v) is 13.5. The van der Waals surface area contributed by atoms with Crippen LogP contribution in [0, 0.1) is 5.92 Å². The SMILES string of the molecule is COc1ccc(CCNCC(O)C2C=CC(=O)C=C2)cc1OC. The zero-order valence-electron chi connectivity index (χ0n) is 13.5. The summed E-state index contributed by atoms with van der Waals surface area (Å²) in [5.74, 6) is 1.29. The van der Waals surface area contributed by atoms with Crippen molar-refractivity contribution in [3.05, 3.63) is 48.1 Å². The Morgan fingerprint density at radius 3 is 2.52 bits per heavy atom. The van der Waals surface area contributed by atoms with Crippen LogP contribution >= 0.6 is 0 Å². The summed E-state index contributed by atoms with van der Waals surface area (Å²) in [5.41, 5.74) is 1.13. The fraction of sp³-hybridized carbons (Fsp3) is 0.389. The highest BCUT2D eigenvalue weighted by molar-refractivity contribution is 6.00. The highest BCUT2D eigenvalue weighted by Crippen LogP contribution is 2.27. The molecular formula is C18H23NO4. The maximum atomic E-state index is 11.1. The molecule has 0 bridgehead atoms. The molecular weight excluding hydrogens is 294 g/mol. The number of ketones is 1. The first kappa shape index (κ1) is 17.2. The monoisotopic (exact) mass is 317 g/mol. The van der Waals surface area contributed by atoms with Gasteiger partial charge in [-0.3, -0.25) is 4.79 Å². The van der Waals surface area contributed by atoms with Gasteiger partial charge in [0.25, 0.3) is 0 Å². The Balaban J connectivity index is 1.76. The van der Waals surface area contributed by atoms with Crippen LogP contribution in [0.4, 0.5) is 0 Å². The van der Waals surface area contributed by atoms with Gasteiger partial charge >= 0.3 is 0 Å². The van der Waals surface area contributed by atoms with Crippen molar-refractivity contribution in [1.82, 2.24) is 5.32 Å². The van der Waals surface area contributed by atoms with Crippen LogP contribution in [-0.4, -0.2) is 44.3 Å². The van der Waals surface area contributed by atoms with Crippen molar-refractivity contribution in [2.45, 2.75) is 12.5 Å². The van der Waals surface area contributed by atoms with Gasteiger partial charge in [0.05, 0.1) is 20.3 Å². The molecule has 2 N–H and O–H groups in total. The molecule has 1 aliphatic rings. The van der Waals surface area contributed by atoms with Gasteiger partial charge in [0.1, 0.15) is 0 Å². The predicted molar refractivity (Wildman–Crippen MR) is 88.9 cm³/mol. The minimum Gasteiger partial charge on any atom is -0.493 e. The van der Waals surface area contributed by atoms with Crippen LogP contribution in [0.25, 0.3) is 0 Å². The topological polar surface area (TPSA) is 67.8 Å².